The maximum atomic E-state index is 9.00. The first-order valence-electron chi connectivity index (χ1n) is 6.38. The zero-order valence-electron chi connectivity index (χ0n) is 17.1. The minimum Gasteiger partial charge on any atom is -0.550 e. The topological polar surface area (TPSA) is 278 Å². The molecule has 0 unspecified atom stereocenters. The number of hydrogen-bond donors (Lipinski definition) is 1. The van der Waals surface area contributed by atoms with Gasteiger partial charge in [-0.25, -0.2) is 0 Å². The van der Waals surface area contributed by atoms with E-state index >= 15 is 0 Å². The first kappa shape index (κ1) is 56.5. The van der Waals surface area contributed by atoms with Gasteiger partial charge in [0.05, 0.1) is 0 Å². The van der Waals surface area contributed by atoms with Gasteiger partial charge in [0.2, 0.25) is 0 Å². The third-order valence-corrected chi connectivity index (χ3v) is 0. The molecule has 0 saturated heterocycles. The van der Waals surface area contributed by atoms with Crippen LogP contribution in [0.4, 0.5) is 0 Å². The van der Waals surface area contributed by atoms with E-state index in [2.05, 4.69) is 0 Å². The molecule has 0 atom stereocenters. The molecule has 0 fully saturated rings. The Balaban J connectivity index is -0.0000000242. The van der Waals surface area contributed by atoms with Crippen LogP contribution in [0.3, 0.4) is 0 Å². The van der Waals surface area contributed by atoms with E-state index in [0.717, 1.165) is 48.5 Å². The summed E-state index contributed by atoms with van der Waals surface area (Å²) in [5, 5.41) is 60.8. The van der Waals surface area contributed by atoms with E-state index < -0.39 is 41.8 Å². The van der Waals surface area contributed by atoms with Crippen molar-refractivity contribution in [3.05, 3.63) is 0 Å². The van der Waals surface area contributed by atoms with Gasteiger partial charge in [-0.15, -0.1) is 0 Å². The first-order chi connectivity index (χ1) is 12.1. The molecule has 173 valence electrons. The fraction of sp³-hybridized carbons (Fsp3) is 0.500. The Bertz CT molecular complexity index is 320. The number of rotatable bonds is 0. The van der Waals surface area contributed by atoms with E-state index in [-0.39, 0.29) is 42.9 Å². The van der Waals surface area contributed by atoms with Gasteiger partial charge in [0.1, 0.15) is 0 Å². The number of carboxylic acid groups (broad SMARTS) is 7. The molecule has 14 nitrogen and oxygen atoms in total. The van der Waals surface area contributed by atoms with E-state index in [1.54, 1.807) is 0 Å². The molecular weight excluding hydrogens is 626 g/mol. The standard InChI is InChI=1S/7C2H4O2.Hf.Mn/c7*1-2(3)4;;/h7*1H3,(H,3,4);;/q;;;;;;;+4;+2/p-6. The summed E-state index contributed by atoms with van der Waals surface area (Å²) in [6.07, 6.45) is 0. The molecule has 0 aliphatic heterocycles. The van der Waals surface area contributed by atoms with Crippen LogP contribution in [0.1, 0.15) is 48.5 Å². The molecule has 0 aromatic rings. The number of carboxylic acids is 7. The Morgan fingerprint density at radius 1 is 0.433 bits per heavy atom. The minimum absolute atomic E-state index is 0. The van der Waals surface area contributed by atoms with Crippen LogP contribution in [0.25, 0.3) is 0 Å². The maximum absolute atomic E-state index is 9.00. The molecule has 0 rings (SSSR count). The van der Waals surface area contributed by atoms with Crippen LogP contribution in [0, 0.1) is 0 Å². The Hall–Kier alpha value is -2.32. The fourth-order valence-corrected chi connectivity index (χ4v) is 0. The second kappa shape index (κ2) is 50.4. The molecule has 0 aliphatic carbocycles. The summed E-state index contributed by atoms with van der Waals surface area (Å²) < 4.78 is 0. The molecule has 0 aromatic carbocycles. The number of carbonyl (C=O) groups is 7. The van der Waals surface area contributed by atoms with Crippen molar-refractivity contribution in [1.82, 2.24) is 0 Å². The summed E-state index contributed by atoms with van der Waals surface area (Å²) >= 11 is 0. The predicted octanol–water partition coefficient (Wildman–Crippen LogP) is -7.38. The fourth-order valence-electron chi connectivity index (χ4n) is 0. The molecule has 1 radical (unpaired) electrons. The van der Waals surface area contributed by atoms with Crippen molar-refractivity contribution in [1.29, 1.82) is 0 Å². The van der Waals surface area contributed by atoms with E-state index in [1.807, 2.05) is 0 Å². The van der Waals surface area contributed by atoms with Crippen molar-refractivity contribution in [2.24, 2.45) is 0 Å². The third-order valence-electron chi connectivity index (χ3n) is 0. The smallest absolute Gasteiger partial charge is 0.550 e. The monoisotopic (exact) mass is 649 g/mol. The van der Waals surface area contributed by atoms with Crippen molar-refractivity contribution in [3.8, 4) is 0 Å². The van der Waals surface area contributed by atoms with Gasteiger partial charge in [-0.3, -0.25) is 4.79 Å². The van der Waals surface area contributed by atoms with Gasteiger partial charge < -0.3 is 64.5 Å². The number of carbonyl (C=O) groups excluding carboxylic acids is 6. The molecule has 0 aromatic heterocycles. The van der Waals surface area contributed by atoms with Crippen LogP contribution in [0.15, 0.2) is 0 Å². The average Bonchev–Trinajstić information content (AvgIpc) is 2.20. The molecule has 0 amide bonds. The molecule has 0 aliphatic rings. The molecular formula is C14H22HfMnO14. The zero-order valence-corrected chi connectivity index (χ0v) is 21.9. The quantitative estimate of drug-likeness (QED) is 0.239. The van der Waals surface area contributed by atoms with Crippen LogP contribution < -0.4 is 30.6 Å². The number of aliphatic carboxylic acids is 7. The van der Waals surface area contributed by atoms with Gasteiger partial charge in [0.15, 0.2) is 0 Å². The summed E-state index contributed by atoms with van der Waals surface area (Å²) in [6.45, 7) is 6.92. The Labute approximate surface area is 202 Å². The number of hydrogen-bond acceptors (Lipinski definition) is 13. The van der Waals surface area contributed by atoms with Gasteiger partial charge in [-0.2, -0.15) is 0 Å². The normalized spacial score (nSPS) is 5.83. The second-order valence-electron chi connectivity index (χ2n) is 3.47. The average molecular weight is 648 g/mol. The van der Waals surface area contributed by atoms with Crippen LogP contribution in [-0.4, -0.2) is 46.9 Å². The molecule has 1 N–H and O–H groups in total. The van der Waals surface area contributed by atoms with Crippen molar-refractivity contribution < 1.29 is 112 Å². The molecule has 0 heterocycles. The van der Waals surface area contributed by atoms with Crippen LogP contribution in [0.2, 0.25) is 0 Å². The SMILES string of the molecule is CC(=O)O.CC(=O)[O-].CC(=O)[O-].CC(=O)[O-].CC(=O)[O-].CC(=O)[O-].CC(=O)[O-].[Hf+4].[Mn+2]. The van der Waals surface area contributed by atoms with Crippen molar-refractivity contribution >= 4 is 41.8 Å². The summed E-state index contributed by atoms with van der Waals surface area (Å²) in [7, 11) is 0. The molecule has 16 heteroatoms. The van der Waals surface area contributed by atoms with Gasteiger partial charge >= 0.3 is 42.9 Å². The largest absolute Gasteiger partial charge is 4.00 e. The van der Waals surface area contributed by atoms with Crippen molar-refractivity contribution in [3.63, 3.8) is 0 Å². The molecule has 0 bridgehead atoms. The van der Waals surface area contributed by atoms with Gasteiger partial charge in [0.25, 0.3) is 5.97 Å². The van der Waals surface area contributed by atoms with Crippen LogP contribution in [-0.2, 0) is 76.5 Å². The summed E-state index contributed by atoms with van der Waals surface area (Å²) in [4.78, 5) is 62.3. The van der Waals surface area contributed by atoms with E-state index in [4.69, 9.17) is 69.3 Å². The van der Waals surface area contributed by atoms with Gasteiger partial charge in [-0.05, 0) is 41.5 Å². The van der Waals surface area contributed by atoms with Gasteiger partial charge in [-0.1, -0.05) is 0 Å². The zero-order chi connectivity index (χ0) is 25.0. The van der Waals surface area contributed by atoms with Crippen LogP contribution in [0.5, 0.6) is 0 Å². The molecule has 0 spiro atoms. The van der Waals surface area contributed by atoms with Crippen molar-refractivity contribution in [2.75, 3.05) is 0 Å². The molecule has 0 saturated carbocycles. The molecule has 30 heavy (non-hydrogen) atoms. The van der Waals surface area contributed by atoms with E-state index in [1.165, 1.54) is 0 Å². The predicted molar refractivity (Wildman–Crippen MR) is 77.4 cm³/mol. The Kier molecular flexibility index (Phi) is 94.9. The van der Waals surface area contributed by atoms with Crippen LogP contribution >= 0.6 is 0 Å². The third kappa shape index (κ3) is 2900. The van der Waals surface area contributed by atoms with E-state index in [9.17, 15) is 0 Å². The Morgan fingerprint density at radius 2 is 0.433 bits per heavy atom. The maximum Gasteiger partial charge on any atom is 4.00 e. The summed E-state index contributed by atoms with van der Waals surface area (Å²) in [5.74, 6) is -7.33. The van der Waals surface area contributed by atoms with Gasteiger partial charge in [0, 0.05) is 42.7 Å². The first-order valence-corrected chi connectivity index (χ1v) is 6.38. The van der Waals surface area contributed by atoms with Crippen molar-refractivity contribution in [2.45, 2.75) is 48.5 Å². The summed E-state index contributed by atoms with van der Waals surface area (Å²) in [5.41, 5.74) is 0. The second-order valence-corrected chi connectivity index (χ2v) is 3.47. The summed E-state index contributed by atoms with van der Waals surface area (Å²) in [6, 6.07) is 0. The van der Waals surface area contributed by atoms with E-state index in [0.29, 0.717) is 0 Å². The minimum atomic E-state index is -1.08. The Morgan fingerprint density at radius 3 is 0.433 bits per heavy atom.